The van der Waals surface area contributed by atoms with Crippen LogP contribution in [-0.4, -0.2) is 39.3 Å². The van der Waals surface area contributed by atoms with Crippen LogP contribution in [0.3, 0.4) is 0 Å². The maximum absolute atomic E-state index is 12.8. The van der Waals surface area contributed by atoms with Gasteiger partial charge < -0.3 is 10.1 Å². The number of ether oxygens (including phenoxy) is 1. The van der Waals surface area contributed by atoms with E-state index in [1.165, 1.54) is 0 Å². The summed E-state index contributed by atoms with van der Waals surface area (Å²) < 4.78 is 31.8. The van der Waals surface area contributed by atoms with Crippen LogP contribution >= 0.6 is 0 Å². The van der Waals surface area contributed by atoms with E-state index in [1.54, 1.807) is 19.1 Å². The molecule has 0 aromatic heterocycles. The predicted molar refractivity (Wildman–Crippen MR) is 117 cm³/mol. The van der Waals surface area contributed by atoms with Gasteiger partial charge in [-0.1, -0.05) is 23.8 Å². The molecule has 2 aromatic carbocycles. The molecule has 2 aromatic rings. The highest BCUT2D eigenvalue weighted by molar-refractivity contribution is 7.92. The molecular weight excluding hydrogens is 388 g/mol. The minimum absolute atomic E-state index is 0.282. The maximum atomic E-state index is 12.8. The molecule has 0 unspecified atom stereocenters. The highest BCUT2D eigenvalue weighted by atomic mass is 32.2. The number of hydrogen-bond donors (Lipinski definition) is 1. The average molecular weight is 419 g/mol. The maximum Gasteiger partial charge on any atom is 0.243 e. The second-order valence-electron chi connectivity index (χ2n) is 7.61. The molecule has 29 heavy (non-hydrogen) atoms. The normalized spacial score (nSPS) is 13.4. The molecule has 0 bridgehead atoms. The Bertz CT molecular complexity index is 935. The van der Waals surface area contributed by atoms with Crippen LogP contribution in [0.1, 0.15) is 30.5 Å². The first-order valence-electron chi connectivity index (χ1n) is 9.55. The van der Waals surface area contributed by atoms with Gasteiger partial charge in [0.25, 0.3) is 0 Å². The standard InChI is InChI=1S/C22H30N2O4S/c1-15-7-9-21(10-8-15)28-14-18(4)23-22(25)19(5)24(29(6,26)27)20-12-16(2)11-17(3)13-20/h7-13,18-19H,14H2,1-6H3,(H,23,25)/t18-,19-/m1/s1. The van der Waals surface area contributed by atoms with Gasteiger partial charge in [0.05, 0.1) is 18.0 Å². The number of benzene rings is 2. The predicted octanol–water partition coefficient (Wildman–Crippen LogP) is 3.35. The molecule has 0 aliphatic carbocycles. The van der Waals surface area contributed by atoms with E-state index in [2.05, 4.69) is 5.32 Å². The molecule has 2 rings (SSSR count). The Morgan fingerprint density at radius 3 is 2.07 bits per heavy atom. The van der Waals surface area contributed by atoms with Crippen molar-refractivity contribution < 1.29 is 17.9 Å². The molecule has 0 aliphatic heterocycles. The molecule has 1 amide bonds. The zero-order chi connectivity index (χ0) is 21.8. The SMILES string of the molecule is Cc1ccc(OC[C@@H](C)NC(=O)[C@@H](C)N(c2cc(C)cc(C)c2)S(C)(=O)=O)cc1. The molecule has 7 heteroatoms. The number of nitrogens with one attached hydrogen (secondary N) is 1. The lowest BCUT2D eigenvalue weighted by atomic mass is 10.1. The number of aryl methyl sites for hydroxylation is 3. The van der Waals surface area contributed by atoms with Gasteiger partial charge in [0.15, 0.2) is 0 Å². The topological polar surface area (TPSA) is 75.7 Å². The molecule has 0 radical (unpaired) electrons. The van der Waals surface area contributed by atoms with Crippen molar-refractivity contribution in [1.29, 1.82) is 0 Å². The summed E-state index contributed by atoms with van der Waals surface area (Å²) >= 11 is 0. The van der Waals surface area contributed by atoms with E-state index in [9.17, 15) is 13.2 Å². The Kier molecular flexibility index (Phi) is 7.30. The second-order valence-corrected chi connectivity index (χ2v) is 9.47. The Balaban J connectivity index is 2.09. The van der Waals surface area contributed by atoms with Crippen LogP contribution in [0.4, 0.5) is 5.69 Å². The fourth-order valence-corrected chi connectivity index (χ4v) is 4.31. The summed E-state index contributed by atoms with van der Waals surface area (Å²) in [4.78, 5) is 12.8. The lowest BCUT2D eigenvalue weighted by Gasteiger charge is -2.29. The molecule has 0 saturated heterocycles. The lowest BCUT2D eigenvalue weighted by Crippen LogP contribution is -2.50. The molecule has 1 N–H and O–H groups in total. The van der Waals surface area contributed by atoms with Crippen LogP contribution in [0.2, 0.25) is 0 Å². The third kappa shape index (κ3) is 6.49. The van der Waals surface area contributed by atoms with E-state index in [0.717, 1.165) is 33.0 Å². The first kappa shape index (κ1) is 22.7. The number of sulfonamides is 1. The number of rotatable bonds is 8. The van der Waals surface area contributed by atoms with Gasteiger partial charge in [0.2, 0.25) is 15.9 Å². The summed E-state index contributed by atoms with van der Waals surface area (Å²) in [5.41, 5.74) is 3.48. The first-order chi connectivity index (χ1) is 13.5. The third-order valence-corrected chi connectivity index (χ3v) is 5.70. The quantitative estimate of drug-likeness (QED) is 0.713. The Labute approximate surface area is 173 Å². The Hall–Kier alpha value is -2.54. The zero-order valence-corrected chi connectivity index (χ0v) is 18.7. The Morgan fingerprint density at radius 2 is 1.55 bits per heavy atom. The van der Waals surface area contributed by atoms with Crippen LogP contribution in [0.5, 0.6) is 5.75 Å². The molecule has 0 spiro atoms. The summed E-state index contributed by atoms with van der Waals surface area (Å²) in [5.74, 6) is 0.340. The van der Waals surface area contributed by atoms with E-state index in [1.807, 2.05) is 58.0 Å². The highest BCUT2D eigenvalue weighted by Crippen LogP contribution is 2.24. The van der Waals surface area contributed by atoms with Gasteiger partial charge in [-0.15, -0.1) is 0 Å². The molecule has 158 valence electrons. The Morgan fingerprint density at radius 1 is 1.00 bits per heavy atom. The monoisotopic (exact) mass is 418 g/mol. The summed E-state index contributed by atoms with van der Waals surface area (Å²) in [6.07, 6.45) is 1.11. The number of hydrogen-bond acceptors (Lipinski definition) is 4. The van der Waals surface area contributed by atoms with Crippen molar-refractivity contribution in [3.8, 4) is 5.75 Å². The van der Waals surface area contributed by atoms with Crippen molar-refractivity contribution in [3.05, 3.63) is 59.2 Å². The van der Waals surface area contributed by atoms with E-state index in [-0.39, 0.29) is 18.6 Å². The van der Waals surface area contributed by atoms with Gasteiger partial charge in [0.1, 0.15) is 18.4 Å². The number of anilines is 1. The molecule has 0 saturated carbocycles. The molecule has 6 nitrogen and oxygen atoms in total. The molecule has 2 atom stereocenters. The van der Waals surface area contributed by atoms with Crippen molar-refractivity contribution in [2.24, 2.45) is 0 Å². The van der Waals surface area contributed by atoms with Gasteiger partial charge in [-0.05, 0) is 70.0 Å². The van der Waals surface area contributed by atoms with E-state index < -0.39 is 16.1 Å². The van der Waals surface area contributed by atoms with Gasteiger partial charge in [-0.25, -0.2) is 8.42 Å². The van der Waals surface area contributed by atoms with Crippen molar-refractivity contribution in [2.45, 2.75) is 46.7 Å². The largest absolute Gasteiger partial charge is 0.491 e. The van der Waals surface area contributed by atoms with Crippen molar-refractivity contribution >= 4 is 21.6 Å². The number of carbonyl (C=O) groups excluding carboxylic acids is 1. The average Bonchev–Trinajstić information content (AvgIpc) is 2.59. The van der Waals surface area contributed by atoms with Crippen LogP contribution < -0.4 is 14.4 Å². The third-order valence-electron chi connectivity index (χ3n) is 4.46. The van der Waals surface area contributed by atoms with Crippen LogP contribution in [-0.2, 0) is 14.8 Å². The number of carbonyl (C=O) groups is 1. The van der Waals surface area contributed by atoms with Crippen LogP contribution in [0.25, 0.3) is 0 Å². The molecule has 0 aliphatic rings. The van der Waals surface area contributed by atoms with Gasteiger partial charge in [-0.3, -0.25) is 9.10 Å². The van der Waals surface area contributed by atoms with Gasteiger partial charge in [0, 0.05) is 0 Å². The minimum atomic E-state index is -3.65. The number of amides is 1. The number of nitrogens with zero attached hydrogens (tertiary/aromatic N) is 1. The smallest absolute Gasteiger partial charge is 0.243 e. The summed E-state index contributed by atoms with van der Waals surface area (Å²) in [7, 11) is -3.65. The second kappa shape index (κ2) is 9.31. The molecule has 0 heterocycles. The fraction of sp³-hybridized carbons (Fsp3) is 0.409. The van der Waals surface area contributed by atoms with E-state index >= 15 is 0 Å². The highest BCUT2D eigenvalue weighted by Gasteiger charge is 2.30. The van der Waals surface area contributed by atoms with Gasteiger partial charge in [-0.2, -0.15) is 0 Å². The first-order valence-corrected chi connectivity index (χ1v) is 11.4. The fourth-order valence-electron chi connectivity index (χ4n) is 3.15. The summed E-state index contributed by atoms with van der Waals surface area (Å²) in [6.45, 7) is 9.47. The van der Waals surface area contributed by atoms with E-state index in [4.69, 9.17) is 4.74 Å². The van der Waals surface area contributed by atoms with Crippen molar-refractivity contribution in [1.82, 2.24) is 5.32 Å². The summed E-state index contributed by atoms with van der Waals surface area (Å²) in [6, 6.07) is 12.0. The van der Waals surface area contributed by atoms with Crippen molar-refractivity contribution in [3.63, 3.8) is 0 Å². The molecular formula is C22H30N2O4S. The van der Waals surface area contributed by atoms with Crippen LogP contribution in [0.15, 0.2) is 42.5 Å². The minimum Gasteiger partial charge on any atom is -0.491 e. The molecule has 0 fully saturated rings. The van der Waals surface area contributed by atoms with E-state index in [0.29, 0.717) is 5.69 Å². The summed E-state index contributed by atoms with van der Waals surface area (Å²) in [5, 5.41) is 2.84. The zero-order valence-electron chi connectivity index (χ0n) is 17.9. The van der Waals surface area contributed by atoms with Crippen LogP contribution in [0, 0.1) is 20.8 Å². The van der Waals surface area contributed by atoms with Crippen molar-refractivity contribution in [2.75, 3.05) is 17.2 Å². The lowest BCUT2D eigenvalue weighted by molar-refractivity contribution is -0.122. The van der Waals surface area contributed by atoms with Gasteiger partial charge >= 0.3 is 0 Å².